The summed E-state index contributed by atoms with van der Waals surface area (Å²) in [6.07, 6.45) is 7.85. The van der Waals surface area contributed by atoms with Crippen molar-refractivity contribution < 1.29 is 9.47 Å². The summed E-state index contributed by atoms with van der Waals surface area (Å²) >= 11 is 12.6. The molecule has 140 valence electrons. The van der Waals surface area contributed by atoms with E-state index in [2.05, 4.69) is 20.8 Å². The molecule has 4 rings (SSSR count). The Hall–Kier alpha value is -0.280. The summed E-state index contributed by atoms with van der Waals surface area (Å²) in [7, 11) is 0. The topological polar surface area (TPSA) is 18.5 Å². The van der Waals surface area contributed by atoms with Crippen LogP contribution in [0.15, 0.2) is 18.2 Å². The first-order valence-corrected chi connectivity index (χ1v) is 10.5. The van der Waals surface area contributed by atoms with Gasteiger partial charge in [0.2, 0.25) is 0 Å². The van der Waals surface area contributed by atoms with E-state index in [1.807, 2.05) is 18.2 Å². The minimum atomic E-state index is -0.174. The van der Waals surface area contributed by atoms with E-state index in [9.17, 15) is 0 Å². The van der Waals surface area contributed by atoms with Crippen molar-refractivity contribution in [3.05, 3.63) is 33.8 Å². The van der Waals surface area contributed by atoms with Crippen molar-refractivity contribution in [2.75, 3.05) is 0 Å². The molecule has 2 bridgehead atoms. The Morgan fingerprint density at radius 2 is 1.72 bits per heavy atom. The highest BCUT2D eigenvalue weighted by Crippen LogP contribution is 2.52. The SMILES string of the molecule is CCC1(CC)OC2(CC)CCC1CCC2OCc1c(Cl)cccc1Cl. The van der Waals surface area contributed by atoms with Gasteiger partial charge in [-0.05, 0) is 63.0 Å². The summed E-state index contributed by atoms with van der Waals surface area (Å²) in [6, 6.07) is 5.61. The van der Waals surface area contributed by atoms with Crippen LogP contribution >= 0.6 is 23.2 Å². The lowest BCUT2D eigenvalue weighted by molar-refractivity contribution is -0.247. The van der Waals surface area contributed by atoms with Crippen LogP contribution < -0.4 is 0 Å². The van der Waals surface area contributed by atoms with Crippen LogP contribution in [0.5, 0.6) is 0 Å². The fourth-order valence-corrected chi connectivity index (χ4v) is 5.51. The van der Waals surface area contributed by atoms with E-state index in [-0.39, 0.29) is 17.3 Å². The molecule has 0 N–H and O–H groups in total. The maximum absolute atomic E-state index is 6.90. The van der Waals surface area contributed by atoms with Crippen LogP contribution in [0.4, 0.5) is 0 Å². The van der Waals surface area contributed by atoms with Crippen LogP contribution in [0.25, 0.3) is 0 Å². The van der Waals surface area contributed by atoms with Crippen LogP contribution in [0.3, 0.4) is 0 Å². The number of rotatable bonds is 6. The average molecular weight is 385 g/mol. The highest BCUT2D eigenvalue weighted by atomic mass is 35.5. The molecule has 1 aromatic carbocycles. The van der Waals surface area contributed by atoms with E-state index in [0.29, 0.717) is 22.6 Å². The number of benzene rings is 1. The average Bonchev–Trinajstić information content (AvgIpc) is 2.88. The molecule has 3 aliphatic rings. The maximum Gasteiger partial charge on any atom is 0.0948 e. The van der Waals surface area contributed by atoms with E-state index >= 15 is 0 Å². The first-order valence-electron chi connectivity index (χ1n) is 9.75. The van der Waals surface area contributed by atoms with Crippen LogP contribution in [-0.4, -0.2) is 17.3 Å². The third-order valence-electron chi connectivity index (χ3n) is 6.72. The first-order chi connectivity index (χ1) is 12.0. The maximum atomic E-state index is 6.90. The number of fused-ring (bicyclic) bond motifs is 4. The second-order valence-electron chi connectivity index (χ2n) is 7.61. The molecule has 3 atom stereocenters. The molecule has 3 fully saturated rings. The monoisotopic (exact) mass is 384 g/mol. The Kier molecular flexibility index (Phi) is 6.05. The molecule has 2 nitrogen and oxygen atoms in total. The Bertz CT molecular complexity index is 579. The van der Waals surface area contributed by atoms with Gasteiger partial charge in [0.1, 0.15) is 0 Å². The van der Waals surface area contributed by atoms with Gasteiger partial charge in [-0.1, -0.05) is 50.0 Å². The smallest absolute Gasteiger partial charge is 0.0948 e. The molecule has 0 spiro atoms. The van der Waals surface area contributed by atoms with Crippen molar-refractivity contribution in [2.45, 2.75) is 89.6 Å². The third kappa shape index (κ3) is 3.48. The molecule has 1 aromatic rings. The van der Waals surface area contributed by atoms with Gasteiger partial charge in [0, 0.05) is 15.6 Å². The van der Waals surface area contributed by atoms with Crippen LogP contribution in [0.1, 0.15) is 71.3 Å². The van der Waals surface area contributed by atoms with Gasteiger partial charge in [-0.2, -0.15) is 0 Å². The van der Waals surface area contributed by atoms with Crippen molar-refractivity contribution in [2.24, 2.45) is 5.92 Å². The molecule has 2 heterocycles. The molecular weight excluding hydrogens is 355 g/mol. The van der Waals surface area contributed by atoms with Gasteiger partial charge in [0.15, 0.2) is 0 Å². The van der Waals surface area contributed by atoms with E-state index in [0.717, 1.165) is 37.7 Å². The lowest BCUT2D eigenvalue weighted by Crippen LogP contribution is -2.55. The number of halogens is 2. The van der Waals surface area contributed by atoms with Crippen molar-refractivity contribution in [3.63, 3.8) is 0 Å². The summed E-state index contributed by atoms with van der Waals surface area (Å²) in [5.41, 5.74) is 0.731. The largest absolute Gasteiger partial charge is 0.370 e. The van der Waals surface area contributed by atoms with Crippen LogP contribution in [0.2, 0.25) is 10.0 Å². The second-order valence-corrected chi connectivity index (χ2v) is 8.42. The molecule has 0 aromatic heterocycles. The summed E-state index contributed by atoms with van der Waals surface area (Å²) < 4.78 is 13.3. The van der Waals surface area contributed by atoms with Crippen molar-refractivity contribution in [1.82, 2.24) is 0 Å². The van der Waals surface area contributed by atoms with Crippen LogP contribution in [-0.2, 0) is 16.1 Å². The van der Waals surface area contributed by atoms with Gasteiger partial charge < -0.3 is 9.47 Å². The van der Waals surface area contributed by atoms with E-state index in [4.69, 9.17) is 32.7 Å². The summed E-state index contributed by atoms with van der Waals surface area (Å²) in [5, 5.41) is 1.35. The van der Waals surface area contributed by atoms with Gasteiger partial charge >= 0.3 is 0 Å². The standard InChI is InChI=1S/C21H30Cl2O2/c1-4-20(5-2)15-10-11-19(21(6-3,25-20)13-12-15)24-14-16-17(22)8-7-9-18(16)23/h7-9,15,19H,4-6,10-14H2,1-3H3. The minimum Gasteiger partial charge on any atom is -0.370 e. The predicted octanol–water partition coefficient (Wildman–Crippen LogP) is 6.81. The Morgan fingerprint density at radius 3 is 2.32 bits per heavy atom. The normalized spacial score (nSPS) is 31.1. The third-order valence-corrected chi connectivity index (χ3v) is 7.42. The Morgan fingerprint density at radius 1 is 1.04 bits per heavy atom. The second kappa shape index (κ2) is 7.76. The van der Waals surface area contributed by atoms with E-state index in [1.54, 1.807) is 0 Å². The van der Waals surface area contributed by atoms with Crippen molar-refractivity contribution >= 4 is 23.2 Å². The highest BCUT2D eigenvalue weighted by molar-refractivity contribution is 6.35. The lowest BCUT2D eigenvalue weighted by Gasteiger charge is -2.51. The van der Waals surface area contributed by atoms with Crippen molar-refractivity contribution in [3.8, 4) is 0 Å². The van der Waals surface area contributed by atoms with Gasteiger partial charge in [-0.15, -0.1) is 0 Å². The zero-order valence-electron chi connectivity index (χ0n) is 15.6. The zero-order chi connectivity index (χ0) is 18.1. The molecule has 0 radical (unpaired) electrons. The number of hydrogen-bond donors (Lipinski definition) is 0. The Balaban J connectivity index is 1.82. The molecule has 25 heavy (non-hydrogen) atoms. The molecule has 2 aliphatic heterocycles. The summed E-state index contributed by atoms with van der Waals surface area (Å²) in [5.74, 6) is 0.652. The van der Waals surface area contributed by atoms with Gasteiger partial charge in [0.05, 0.1) is 23.9 Å². The highest BCUT2D eigenvalue weighted by Gasteiger charge is 2.54. The summed E-state index contributed by atoms with van der Waals surface area (Å²) in [4.78, 5) is 0. The fraction of sp³-hybridized carbons (Fsp3) is 0.714. The van der Waals surface area contributed by atoms with Gasteiger partial charge in [-0.25, -0.2) is 0 Å². The quantitative estimate of drug-likeness (QED) is 0.536. The van der Waals surface area contributed by atoms with E-state index < -0.39 is 0 Å². The minimum absolute atomic E-state index is 0.0222. The molecule has 1 saturated carbocycles. The first kappa shape index (κ1) is 19.5. The van der Waals surface area contributed by atoms with Gasteiger partial charge in [-0.3, -0.25) is 0 Å². The number of ether oxygens (including phenoxy) is 2. The molecule has 2 saturated heterocycles. The number of hydrogen-bond acceptors (Lipinski definition) is 2. The Labute approximate surface area is 162 Å². The van der Waals surface area contributed by atoms with E-state index in [1.165, 1.54) is 12.8 Å². The lowest BCUT2D eigenvalue weighted by atomic mass is 9.74. The molecule has 0 amide bonds. The fourth-order valence-electron chi connectivity index (χ4n) is 5.01. The van der Waals surface area contributed by atoms with Gasteiger partial charge in [0.25, 0.3) is 0 Å². The van der Waals surface area contributed by atoms with Crippen LogP contribution in [0, 0.1) is 5.92 Å². The molecule has 4 heteroatoms. The summed E-state index contributed by atoms with van der Waals surface area (Å²) in [6.45, 7) is 7.23. The predicted molar refractivity (Wildman–Crippen MR) is 104 cm³/mol. The molecular formula is C21H30Cl2O2. The zero-order valence-corrected chi connectivity index (χ0v) is 17.1. The van der Waals surface area contributed by atoms with Crippen molar-refractivity contribution in [1.29, 1.82) is 0 Å². The molecule has 3 unspecified atom stereocenters. The molecule has 1 aliphatic carbocycles.